The van der Waals surface area contributed by atoms with Crippen molar-refractivity contribution in [1.82, 2.24) is 4.98 Å². The quantitative estimate of drug-likeness (QED) is 0.667. The molecule has 0 radical (unpaired) electrons. The Hall–Kier alpha value is -0.880. The minimum atomic E-state index is 0.616. The van der Waals surface area contributed by atoms with Gasteiger partial charge in [-0.1, -0.05) is 15.9 Å². The smallest absolute Gasteiger partial charge is 0.101 e. The second-order valence-electron chi connectivity index (χ2n) is 2.21. The molecule has 11 heavy (non-hydrogen) atoms. The first-order chi connectivity index (χ1) is 5.27. The maximum absolute atomic E-state index is 8.54. The minimum absolute atomic E-state index is 0.616. The van der Waals surface area contributed by atoms with Crippen LogP contribution in [0, 0.1) is 18.3 Å². The van der Waals surface area contributed by atoms with E-state index in [9.17, 15) is 0 Å². The molecule has 1 rings (SSSR count). The SMILES string of the molecule is Cc1ncc(C#N)cc1CBr. The summed E-state index contributed by atoms with van der Waals surface area (Å²) >= 11 is 3.32. The van der Waals surface area contributed by atoms with E-state index in [4.69, 9.17) is 5.26 Å². The van der Waals surface area contributed by atoms with Crippen molar-refractivity contribution in [3.8, 4) is 6.07 Å². The van der Waals surface area contributed by atoms with Crippen molar-refractivity contribution in [3.63, 3.8) is 0 Å². The van der Waals surface area contributed by atoms with Crippen LogP contribution in [0.25, 0.3) is 0 Å². The van der Waals surface area contributed by atoms with E-state index in [0.29, 0.717) is 5.56 Å². The molecule has 0 saturated carbocycles. The molecule has 0 amide bonds. The van der Waals surface area contributed by atoms with Gasteiger partial charge in [-0.25, -0.2) is 0 Å². The number of aromatic nitrogens is 1. The molecule has 1 aromatic heterocycles. The Morgan fingerprint density at radius 1 is 1.73 bits per heavy atom. The molecule has 0 N–H and O–H groups in total. The Morgan fingerprint density at radius 2 is 2.45 bits per heavy atom. The van der Waals surface area contributed by atoms with Crippen LogP contribution in [0.15, 0.2) is 12.3 Å². The first kappa shape index (κ1) is 8.22. The van der Waals surface area contributed by atoms with Gasteiger partial charge in [-0.2, -0.15) is 5.26 Å². The van der Waals surface area contributed by atoms with Gasteiger partial charge in [-0.15, -0.1) is 0 Å². The monoisotopic (exact) mass is 210 g/mol. The van der Waals surface area contributed by atoms with Crippen LogP contribution in [0.2, 0.25) is 0 Å². The second kappa shape index (κ2) is 3.49. The molecule has 1 aromatic rings. The van der Waals surface area contributed by atoms with E-state index >= 15 is 0 Å². The van der Waals surface area contributed by atoms with Crippen LogP contribution in [-0.2, 0) is 5.33 Å². The van der Waals surface area contributed by atoms with Crippen molar-refractivity contribution >= 4 is 15.9 Å². The summed E-state index contributed by atoms with van der Waals surface area (Å²) in [6.07, 6.45) is 1.58. The van der Waals surface area contributed by atoms with Crippen LogP contribution in [0.5, 0.6) is 0 Å². The molecule has 0 atom stereocenters. The lowest BCUT2D eigenvalue weighted by Crippen LogP contribution is -1.90. The fourth-order valence-electron chi connectivity index (χ4n) is 0.775. The van der Waals surface area contributed by atoms with Gasteiger partial charge in [0.2, 0.25) is 0 Å². The zero-order chi connectivity index (χ0) is 8.27. The van der Waals surface area contributed by atoms with Gasteiger partial charge in [-0.3, -0.25) is 4.98 Å². The number of alkyl halides is 1. The Bertz CT molecular complexity index is 301. The van der Waals surface area contributed by atoms with Crippen LogP contribution in [0.1, 0.15) is 16.8 Å². The van der Waals surface area contributed by atoms with Crippen molar-refractivity contribution in [2.24, 2.45) is 0 Å². The van der Waals surface area contributed by atoms with Crippen molar-refractivity contribution in [2.45, 2.75) is 12.3 Å². The third-order valence-electron chi connectivity index (χ3n) is 1.46. The standard InChI is InChI=1S/C8H7BrN2/c1-6-8(3-9)2-7(4-10)5-11-6/h2,5H,3H2,1H3. The lowest BCUT2D eigenvalue weighted by Gasteiger charge is -1.99. The largest absolute Gasteiger partial charge is 0.260 e. The number of nitriles is 1. The fraction of sp³-hybridized carbons (Fsp3) is 0.250. The summed E-state index contributed by atoms with van der Waals surface area (Å²) in [6.45, 7) is 1.93. The average Bonchev–Trinajstić information content (AvgIpc) is 2.05. The number of aryl methyl sites for hydroxylation is 1. The number of pyridine rings is 1. The van der Waals surface area contributed by atoms with E-state index in [2.05, 4.69) is 20.9 Å². The van der Waals surface area contributed by atoms with Crippen LogP contribution in [0.4, 0.5) is 0 Å². The Balaban J connectivity index is 3.15. The van der Waals surface area contributed by atoms with E-state index in [1.54, 1.807) is 6.20 Å². The van der Waals surface area contributed by atoms with Gasteiger partial charge in [-0.05, 0) is 18.6 Å². The van der Waals surface area contributed by atoms with Gasteiger partial charge < -0.3 is 0 Å². The summed E-state index contributed by atoms with van der Waals surface area (Å²) in [5.74, 6) is 0. The molecule has 0 aromatic carbocycles. The zero-order valence-electron chi connectivity index (χ0n) is 6.13. The van der Waals surface area contributed by atoms with Gasteiger partial charge in [0.05, 0.1) is 5.56 Å². The maximum atomic E-state index is 8.54. The van der Waals surface area contributed by atoms with Gasteiger partial charge in [0.15, 0.2) is 0 Å². The maximum Gasteiger partial charge on any atom is 0.101 e. The first-order valence-electron chi connectivity index (χ1n) is 3.19. The van der Waals surface area contributed by atoms with Gasteiger partial charge in [0, 0.05) is 17.2 Å². The van der Waals surface area contributed by atoms with Crippen molar-refractivity contribution in [3.05, 3.63) is 29.1 Å². The molecular formula is C8H7BrN2. The first-order valence-corrected chi connectivity index (χ1v) is 4.31. The third-order valence-corrected chi connectivity index (χ3v) is 2.07. The van der Waals surface area contributed by atoms with Crippen LogP contribution >= 0.6 is 15.9 Å². The number of hydrogen-bond donors (Lipinski definition) is 0. The number of nitrogens with zero attached hydrogens (tertiary/aromatic N) is 2. The average molecular weight is 211 g/mol. The third kappa shape index (κ3) is 1.78. The molecule has 0 unspecified atom stereocenters. The minimum Gasteiger partial charge on any atom is -0.260 e. The van der Waals surface area contributed by atoms with Crippen molar-refractivity contribution < 1.29 is 0 Å². The number of rotatable bonds is 1. The Kier molecular flexibility index (Phi) is 2.61. The molecule has 2 nitrogen and oxygen atoms in total. The van der Waals surface area contributed by atoms with Gasteiger partial charge >= 0.3 is 0 Å². The highest BCUT2D eigenvalue weighted by atomic mass is 79.9. The van der Waals surface area contributed by atoms with Crippen LogP contribution in [-0.4, -0.2) is 4.98 Å². The fourth-order valence-corrected chi connectivity index (χ4v) is 1.34. The van der Waals surface area contributed by atoms with Gasteiger partial charge in [0.1, 0.15) is 6.07 Å². The number of hydrogen-bond acceptors (Lipinski definition) is 2. The highest BCUT2D eigenvalue weighted by molar-refractivity contribution is 9.08. The molecule has 0 saturated heterocycles. The summed E-state index contributed by atoms with van der Waals surface area (Å²) in [5.41, 5.74) is 2.66. The molecule has 56 valence electrons. The second-order valence-corrected chi connectivity index (χ2v) is 2.77. The molecule has 0 bridgehead atoms. The number of halogens is 1. The van der Waals surface area contributed by atoms with E-state index in [1.807, 2.05) is 19.1 Å². The predicted octanol–water partition coefficient (Wildman–Crippen LogP) is 2.16. The summed E-state index contributed by atoms with van der Waals surface area (Å²) in [5, 5.41) is 9.29. The summed E-state index contributed by atoms with van der Waals surface area (Å²) < 4.78 is 0. The lowest BCUT2D eigenvalue weighted by molar-refractivity contribution is 1.13. The highest BCUT2D eigenvalue weighted by Crippen LogP contribution is 2.10. The summed E-state index contributed by atoms with van der Waals surface area (Å²) in [7, 11) is 0. The van der Waals surface area contributed by atoms with Crippen LogP contribution in [0.3, 0.4) is 0 Å². The van der Waals surface area contributed by atoms with Crippen molar-refractivity contribution in [2.75, 3.05) is 0 Å². The lowest BCUT2D eigenvalue weighted by atomic mass is 10.2. The predicted molar refractivity (Wildman–Crippen MR) is 46.3 cm³/mol. The Morgan fingerprint density at radius 3 is 3.00 bits per heavy atom. The molecule has 1 heterocycles. The molecule has 3 heteroatoms. The molecule has 0 aliphatic carbocycles. The zero-order valence-corrected chi connectivity index (χ0v) is 7.72. The molecule has 0 aliphatic heterocycles. The molecular weight excluding hydrogens is 204 g/mol. The van der Waals surface area contributed by atoms with Gasteiger partial charge in [0.25, 0.3) is 0 Å². The summed E-state index contributed by atoms with van der Waals surface area (Å²) in [6, 6.07) is 3.89. The van der Waals surface area contributed by atoms with E-state index < -0.39 is 0 Å². The van der Waals surface area contributed by atoms with E-state index in [0.717, 1.165) is 16.6 Å². The van der Waals surface area contributed by atoms with Crippen molar-refractivity contribution in [1.29, 1.82) is 5.26 Å². The normalized spacial score (nSPS) is 9.18. The summed E-state index contributed by atoms with van der Waals surface area (Å²) in [4.78, 5) is 4.07. The van der Waals surface area contributed by atoms with E-state index in [1.165, 1.54) is 0 Å². The van der Waals surface area contributed by atoms with E-state index in [-0.39, 0.29) is 0 Å². The Labute approximate surface area is 74.0 Å². The molecule has 0 aliphatic rings. The molecule has 0 fully saturated rings. The molecule has 0 spiro atoms. The topological polar surface area (TPSA) is 36.7 Å². The highest BCUT2D eigenvalue weighted by Gasteiger charge is 1.98. The van der Waals surface area contributed by atoms with Crippen LogP contribution < -0.4 is 0 Å².